The SMILES string of the molecule is Cc1cnn(CCCNc2nccnc2C#N)c1. The molecule has 92 valence electrons. The maximum absolute atomic E-state index is 8.85. The molecule has 0 fully saturated rings. The predicted molar refractivity (Wildman–Crippen MR) is 66.8 cm³/mol. The second kappa shape index (κ2) is 5.77. The highest BCUT2D eigenvalue weighted by Gasteiger charge is 2.02. The molecule has 2 rings (SSSR count). The molecule has 0 aliphatic heterocycles. The third kappa shape index (κ3) is 3.04. The zero-order valence-electron chi connectivity index (χ0n) is 10.2. The van der Waals surface area contributed by atoms with E-state index in [-0.39, 0.29) is 0 Å². The first kappa shape index (κ1) is 12.0. The highest BCUT2D eigenvalue weighted by atomic mass is 15.3. The Labute approximate surface area is 105 Å². The molecule has 0 unspecified atom stereocenters. The lowest BCUT2D eigenvalue weighted by molar-refractivity contribution is 0.591. The lowest BCUT2D eigenvalue weighted by atomic mass is 10.4. The second-order valence-electron chi connectivity index (χ2n) is 3.93. The van der Waals surface area contributed by atoms with E-state index < -0.39 is 0 Å². The van der Waals surface area contributed by atoms with E-state index in [2.05, 4.69) is 20.4 Å². The van der Waals surface area contributed by atoms with E-state index in [0.29, 0.717) is 11.5 Å². The molecule has 0 saturated heterocycles. The van der Waals surface area contributed by atoms with Gasteiger partial charge in [0.15, 0.2) is 11.5 Å². The monoisotopic (exact) mass is 242 g/mol. The number of rotatable bonds is 5. The van der Waals surface area contributed by atoms with Crippen molar-refractivity contribution in [3.05, 3.63) is 36.0 Å². The highest BCUT2D eigenvalue weighted by molar-refractivity contribution is 5.46. The first-order valence-corrected chi connectivity index (χ1v) is 5.73. The zero-order chi connectivity index (χ0) is 12.8. The van der Waals surface area contributed by atoms with E-state index in [1.165, 1.54) is 6.20 Å². The van der Waals surface area contributed by atoms with Gasteiger partial charge in [0, 0.05) is 31.7 Å². The topological polar surface area (TPSA) is 79.4 Å². The summed E-state index contributed by atoms with van der Waals surface area (Å²) >= 11 is 0. The Bertz CT molecular complexity index is 554. The van der Waals surface area contributed by atoms with Crippen LogP contribution in [0.25, 0.3) is 0 Å². The molecule has 2 heterocycles. The molecule has 0 aliphatic carbocycles. The first-order chi connectivity index (χ1) is 8.79. The summed E-state index contributed by atoms with van der Waals surface area (Å²) in [4.78, 5) is 8.01. The molecule has 0 spiro atoms. The quantitative estimate of drug-likeness (QED) is 0.801. The summed E-state index contributed by atoms with van der Waals surface area (Å²) in [5, 5.41) is 16.2. The number of nitrogens with one attached hydrogen (secondary N) is 1. The van der Waals surface area contributed by atoms with E-state index in [4.69, 9.17) is 5.26 Å². The van der Waals surface area contributed by atoms with Crippen LogP contribution in [-0.4, -0.2) is 26.3 Å². The molecule has 2 aromatic rings. The predicted octanol–water partition coefficient (Wildman–Crippen LogP) is 1.36. The van der Waals surface area contributed by atoms with Crippen LogP contribution < -0.4 is 5.32 Å². The fraction of sp³-hybridized carbons (Fsp3) is 0.333. The van der Waals surface area contributed by atoms with Crippen molar-refractivity contribution in [1.82, 2.24) is 19.7 Å². The minimum Gasteiger partial charge on any atom is -0.368 e. The lowest BCUT2D eigenvalue weighted by Crippen LogP contribution is -2.09. The average Bonchev–Trinajstić information content (AvgIpc) is 2.81. The molecule has 0 saturated carbocycles. The standard InChI is InChI=1S/C12H14N6/c1-10-8-17-18(9-10)6-2-3-15-12-11(7-13)14-4-5-16-12/h4-5,8-9H,2-3,6H2,1H3,(H,15,16). The van der Waals surface area contributed by atoms with Crippen molar-refractivity contribution in [2.24, 2.45) is 0 Å². The molecular weight excluding hydrogens is 228 g/mol. The molecule has 0 atom stereocenters. The lowest BCUT2D eigenvalue weighted by Gasteiger charge is -2.06. The van der Waals surface area contributed by atoms with Gasteiger partial charge in [-0.25, -0.2) is 9.97 Å². The van der Waals surface area contributed by atoms with Crippen molar-refractivity contribution in [2.75, 3.05) is 11.9 Å². The number of hydrogen-bond donors (Lipinski definition) is 1. The summed E-state index contributed by atoms with van der Waals surface area (Å²) in [5.74, 6) is 0.539. The van der Waals surface area contributed by atoms with Crippen molar-refractivity contribution >= 4 is 5.82 Å². The normalized spacial score (nSPS) is 10.0. The molecule has 0 aliphatic rings. The Balaban J connectivity index is 1.80. The zero-order valence-corrected chi connectivity index (χ0v) is 10.2. The second-order valence-corrected chi connectivity index (χ2v) is 3.93. The minimum absolute atomic E-state index is 0.326. The van der Waals surface area contributed by atoms with E-state index in [1.54, 1.807) is 6.20 Å². The van der Waals surface area contributed by atoms with Crippen LogP contribution in [0.5, 0.6) is 0 Å². The maximum Gasteiger partial charge on any atom is 0.182 e. The highest BCUT2D eigenvalue weighted by Crippen LogP contribution is 2.06. The summed E-state index contributed by atoms with van der Waals surface area (Å²) in [6.07, 6.45) is 7.83. The molecule has 0 amide bonds. The fourth-order valence-electron chi connectivity index (χ4n) is 1.59. The van der Waals surface area contributed by atoms with Gasteiger partial charge in [-0.1, -0.05) is 0 Å². The van der Waals surface area contributed by atoms with Crippen LogP contribution >= 0.6 is 0 Å². The Morgan fingerprint density at radius 1 is 1.39 bits per heavy atom. The Morgan fingerprint density at radius 3 is 2.94 bits per heavy atom. The van der Waals surface area contributed by atoms with E-state index >= 15 is 0 Å². The van der Waals surface area contributed by atoms with Gasteiger partial charge in [0.05, 0.1) is 6.20 Å². The van der Waals surface area contributed by atoms with Gasteiger partial charge in [-0.2, -0.15) is 10.4 Å². The van der Waals surface area contributed by atoms with Crippen molar-refractivity contribution < 1.29 is 0 Å². The minimum atomic E-state index is 0.326. The molecule has 2 aromatic heterocycles. The van der Waals surface area contributed by atoms with Crippen molar-refractivity contribution in [1.29, 1.82) is 5.26 Å². The number of nitrogens with zero attached hydrogens (tertiary/aromatic N) is 5. The van der Waals surface area contributed by atoms with Crippen LogP contribution in [0.1, 0.15) is 17.7 Å². The van der Waals surface area contributed by atoms with Crippen LogP contribution in [-0.2, 0) is 6.54 Å². The summed E-state index contributed by atoms with van der Waals surface area (Å²) < 4.78 is 1.90. The Hall–Kier alpha value is -2.42. The third-order valence-corrected chi connectivity index (χ3v) is 2.42. The molecule has 6 nitrogen and oxygen atoms in total. The fourth-order valence-corrected chi connectivity index (χ4v) is 1.59. The van der Waals surface area contributed by atoms with Gasteiger partial charge in [0.1, 0.15) is 6.07 Å². The van der Waals surface area contributed by atoms with E-state index in [1.807, 2.05) is 30.1 Å². The molecule has 0 bridgehead atoms. The van der Waals surface area contributed by atoms with Crippen molar-refractivity contribution in [3.8, 4) is 6.07 Å². The molecule has 0 aromatic carbocycles. The van der Waals surface area contributed by atoms with Gasteiger partial charge in [0.25, 0.3) is 0 Å². The van der Waals surface area contributed by atoms with Crippen LogP contribution in [0.2, 0.25) is 0 Å². The van der Waals surface area contributed by atoms with Gasteiger partial charge in [0.2, 0.25) is 0 Å². The maximum atomic E-state index is 8.85. The van der Waals surface area contributed by atoms with Gasteiger partial charge in [-0.15, -0.1) is 0 Å². The molecule has 18 heavy (non-hydrogen) atoms. The van der Waals surface area contributed by atoms with Crippen LogP contribution in [0.4, 0.5) is 5.82 Å². The Kier molecular flexibility index (Phi) is 3.86. The van der Waals surface area contributed by atoms with E-state index in [9.17, 15) is 0 Å². The summed E-state index contributed by atoms with van der Waals surface area (Å²) in [6, 6.07) is 2.00. The number of aryl methyl sites for hydroxylation is 2. The number of aromatic nitrogens is 4. The smallest absolute Gasteiger partial charge is 0.182 e. The number of hydrogen-bond acceptors (Lipinski definition) is 5. The summed E-state index contributed by atoms with van der Waals surface area (Å²) in [7, 11) is 0. The van der Waals surface area contributed by atoms with Gasteiger partial charge >= 0.3 is 0 Å². The van der Waals surface area contributed by atoms with Crippen LogP contribution in [0, 0.1) is 18.3 Å². The van der Waals surface area contributed by atoms with Gasteiger partial charge < -0.3 is 5.32 Å². The third-order valence-electron chi connectivity index (χ3n) is 2.42. The largest absolute Gasteiger partial charge is 0.368 e. The molecule has 0 radical (unpaired) electrons. The average molecular weight is 242 g/mol. The molecule has 6 heteroatoms. The van der Waals surface area contributed by atoms with Gasteiger partial charge in [-0.3, -0.25) is 4.68 Å². The number of anilines is 1. The van der Waals surface area contributed by atoms with E-state index in [0.717, 1.165) is 25.1 Å². The molecular formula is C12H14N6. The first-order valence-electron chi connectivity index (χ1n) is 5.73. The van der Waals surface area contributed by atoms with Crippen LogP contribution in [0.15, 0.2) is 24.8 Å². The Morgan fingerprint density at radius 2 is 2.22 bits per heavy atom. The molecule has 1 N–H and O–H groups in total. The van der Waals surface area contributed by atoms with Crippen molar-refractivity contribution in [2.45, 2.75) is 19.9 Å². The van der Waals surface area contributed by atoms with Crippen LogP contribution in [0.3, 0.4) is 0 Å². The number of nitriles is 1. The summed E-state index contributed by atoms with van der Waals surface area (Å²) in [6.45, 7) is 3.58. The summed E-state index contributed by atoms with van der Waals surface area (Å²) in [5.41, 5.74) is 1.48. The van der Waals surface area contributed by atoms with Gasteiger partial charge in [-0.05, 0) is 18.9 Å². The van der Waals surface area contributed by atoms with Crippen molar-refractivity contribution in [3.63, 3.8) is 0 Å².